The van der Waals surface area contributed by atoms with Gasteiger partial charge in [0.2, 0.25) is 0 Å². The molecule has 0 saturated heterocycles. The molecule has 164 valence electrons. The van der Waals surface area contributed by atoms with Gasteiger partial charge in [0.15, 0.2) is 0 Å². The molecule has 2 aromatic carbocycles. The van der Waals surface area contributed by atoms with Gasteiger partial charge in [0.1, 0.15) is 5.82 Å². The zero-order chi connectivity index (χ0) is 21.9. The largest absolute Gasteiger partial charge is 0.348 e. The van der Waals surface area contributed by atoms with E-state index < -0.39 is 0 Å². The Morgan fingerprint density at radius 3 is 2.23 bits per heavy atom. The van der Waals surface area contributed by atoms with E-state index in [9.17, 15) is 4.79 Å². The number of imidazole rings is 1. The van der Waals surface area contributed by atoms with Crippen LogP contribution in [0, 0.1) is 0 Å². The first-order valence-corrected chi connectivity index (χ1v) is 11.1. The minimum Gasteiger partial charge on any atom is -0.348 e. The Morgan fingerprint density at radius 1 is 0.935 bits per heavy atom. The molecule has 0 unspecified atom stereocenters. The Labute approximate surface area is 185 Å². The van der Waals surface area contributed by atoms with Crippen molar-refractivity contribution >= 4 is 11.6 Å². The molecule has 3 rings (SSSR count). The molecule has 31 heavy (non-hydrogen) atoms. The van der Waals surface area contributed by atoms with Gasteiger partial charge in [0, 0.05) is 36.7 Å². The average molecular weight is 420 g/mol. The zero-order valence-electron chi connectivity index (χ0n) is 18.5. The summed E-state index contributed by atoms with van der Waals surface area (Å²) in [4.78, 5) is 22.3. The normalized spacial score (nSPS) is 11.1. The second-order valence-corrected chi connectivity index (χ2v) is 7.76. The van der Waals surface area contributed by atoms with E-state index in [0.29, 0.717) is 12.1 Å². The van der Waals surface area contributed by atoms with Gasteiger partial charge >= 0.3 is 0 Å². The molecule has 3 N–H and O–H groups in total. The summed E-state index contributed by atoms with van der Waals surface area (Å²) in [5, 5.41) is 6.32. The Bertz CT molecular complexity index is 898. The summed E-state index contributed by atoms with van der Waals surface area (Å²) in [6.07, 6.45) is 5.87. The van der Waals surface area contributed by atoms with E-state index >= 15 is 0 Å². The van der Waals surface area contributed by atoms with Crippen LogP contribution in [-0.2, 0) is 19.6 Å². The van der Waals surface area contributed by atoms with E-state index in [0.717, 1.165) is 56.1 Å². The maximum atomic E-state index is 12.6. The Hall–Kier alpha value is -2.96. The van der Waals surface area contributed by atoms with E-state index in [4.69, 9.17) is 0 Å². The molecule has 1 amide bonds. The lowest BCUT2D eigenvalue weighted by molar-refractivity contribution is 0.102. The number of carbonyl (C=O) groups is 1. The highest BCUT2D eigenvalue weighted by molar-refractivity contribution is 6.04. The Morgan fingerprint density at radius 2 is 1.61 bits per heavy atom. The SMILES string of the molecule is CCCN(CCC)Cc1ccc(NC(=O)c2ccc(CNCc3ncc[nH]3)cc2)cc1. The molecule has 0 spiro atoms. The van der Waals surface area contributed by atoms with Crippen molar-refractivity contribution in [3.63, 3.8) is 0 Å². The highest BCUT2D eigenvalue weighted by Gasteiger charge is 2.08. The van der Waals surface area contributed by atoms with Gasteiger partial charge in [0.05, 0.1) is 6.54 Å². The second kappa shape index (κ2) is 12.0. The predicted octanol–water partition coefficient (Wildman–Crippen LogP) is 4.57. The number of amides is 1. The Balaban J connectivity index is 1.48. The van der Waals surface area contributed by atoms with E-state index in [1.165, 1.54) is 5.56 Å². The summed E-state index contributed by atoms with van der Waals surface area (Å²) in [6, 6.07) is 15.8. The van der Waals surface area contributed by atoms with Crippen LogP contribution in [-0.4, -0.2) is 33.9 Å². The number of benzene rings is 2. The van der Waals surface area contributed by atoms with Crippen LogP contribution in [0.25, 0.3) is 0 Å². The van der Waals surface area contributed by atoms with Gasteiger partial charge in [-0.3, -0.25) is 9.69 Å². The quantitative estimate of drug-likeness (QED) is 0.402. The average Bonchev–Trinajstić information content (AvgIpc) is 3.29. The lowest BCUT2D eigenvalue weighted by atomic mass is 10.1. The summed E-state index contributed by atoms with van der Waals surface area (Å²) in [5.74, 6) is 0.812. The molecule has 6 nitrogen and oxygen atoms in total. The molecular formula is C25H33N5O. The molecule has 0 atom stereocenters. The van der Waals surface area contributed by atoms with Crippen molar-refractivity contribution in [1.29, 1.82) is 0 Å². The van der Waals surface area contributed by atoms with Crippen LogP contribution in [0.4, 0.5) is 5.69 Å². The van der Waals surface area contributed by atoms with Crippen molar-refractivity contribution in [1.82, 2.24) is 20.2 Å². The van der Waals surface area contributed by atoms with Crippen LogP contribution in [0.15, 0.2) is 60.9 Å². The number of anilines is 1. The number of hydrogen-bond acceptors (Lipinski definition) is 4. The van der Waals surface area contributed by atoms with Crippen molar-refractivity contribution in [2.24, 2.45) is 0 Å². The fourth-order valence-electron chi connectivity index (χ4n) is 3.55. The first-order valence-electron chi connectivity index (χ1n) is 11.1. The molecule has 1 heterocycles. The van der Waals surface area contributed by atoms with Crippen LogP contribution in [0.3, 0.4) is 0 Å². The van der Waals surface area contributed by atoms with Crippen LogP contribution in [0.2, 0.25) is 0 Å². The predicted molar refractivity (Wildman–Crippen MR) is 126 cm³/mol. The molecule has 0 bridgehead atoms. The van der Waals surface area contributed by atoms with Crippen molar-refractivity contribution in [2.45, 2.75) is 46.3 Å². The van der Waals surface area contributed by atoms with E-state index in [-0.39, 0.29) is 5.91 Å². The topological polar surface area (TPSA) is 73.1 Å². The van der Waals surface area contributed by atoms with Crippen LogP contribution < -0.4 is 10.6 Å². The lowest BCUT2D eigenvalue weighted by Gasteiger charge is -2.21. The number of hydrogen-bond donors (Lipinski definition) is 3. The highest BCUT2D eigenvalue weighted by atomic mass is 16.1. The van der Waals surface area contributed by atoms with Crippen molar-refractivity contribution in [3.05, 3.63) is 83.4 Å². The molecule has 1 aromatic heterocycles. The summed E-state index contributed by atoms with van der Waals surface area (Å²) in [6.45, 7) is 9.00. The monoisotopic (exact) mass is 419 g/mol. The molecule has 0 radical (unpaired) electrons. The number of nitrogens with zero attached hydrogens (tertiary/aromatic N) is 2. The van der Waals surface area contributed by atoms with Crippen LogP contribution >= 0.6 is 0 Å². The van der Waals surface area contributed by atoms with Gasteiger partial charge in [0.25, 0.3) is 5.91 Å². The standard InChI is InChI=1S/C25H33N5O/c1-3-15-30(16-4-2)19-21-7-11-23(12-8-21)29-25(31)22-9-5-20(6-10-22)17-26-18-24-27-13-14-28-24/h5-14,26H,3-4,15-19H2,1-2H3,(H,27,28)(H,29,31). The molecule has 0 aliphatic carbocycles. The van der Waals surface area contributed by atoms with Crippen molar-refractivity contribution in [3.8, 4) is 0 Å². The highest BCUT2D eigenvalue weighted by Crippen LogP contribution is 2.14. The third-order valence-electron chi connectivity index (χ3n) is 5.09. The molecule has 0 fully saturated rings. The first-order chi connectivity index (χ1) is 15.2. The number of rotatable bonds is 12. The van der Waals surface area contributed by atoms with E-state index in [1.54, 1.807) is 6.20 Å². The van der Waals surface area contributed by atoms with Crippen LogP contribution in [0.1, 0.15) is 54.0 Å². The second-order valence-electron chi connectivity index (χ2n) is 7.76. The summed E-state index contributed by atoms with van der Waals surface area (Å²) in [7, 11) is 0. The number of carbonyl (C=O) groups excluding carboxylic acids is 1. The summed E-state index contributed by atoms with van der Waals surface area (Å²) in [5.41, 5.74) is 3.86. The molecule has 0 saturated carbocycles. The van der Waals surface area contributed by atoms with Gasteiger partial charge in [-0.25, -0.2) is 4.98 Å². The minimum absolute atomic E-state index is 0.0959. The zero-order valence-corrected chi connectivity index (χ0v) is 18.5. The maximum absolute atomic E-state index is 12.6. The first kappa shape index (κ1) is 22.7. The number of nitrogens with one attached hydrogen (secondary N) is 3. The number of aromatic amines is 1. The van der Waals surface area contributed by atoms with Gasteiger partial charge in [-0.15, -0.1) is 0 Å². The molecule has 0 aliphatic heterocycles. The van der Waals surface area contributed by atoms with Gasteiger partial charge in [-0.1, -0.05) is 38.1 Å². The number of aromatic nitrogens is 2. The maximum Gasteiger partial charge on any atom is 0.255 e. The van der Waals surface area contributed by atoms with E-state index in [1.807, 2.05) is 42.6 Å². The third kappa shape index (κ3) is 7.35. The smallest absolute Gasteiger partial charge is 0.255 e. The lowest BCUT2D eigenvalue weighted by Crippen LogP contribution is -2.24. The van der Waals surface area contributed by atoms with E-state index in [2.05, 4.69) is 51.5 Å². The van der Waals surface area contributed by atoms with Gasteiger partial charge in [-0.05, 0) is 61.3 Å². The van der Waals surface area contributed by atoms with Gasteiger partial charge in [-0.2, -0.15) is 0 Å². The third-order valence-corrected chi connectivity index (χ3v) is 5.09. The molecule has 6 heteroatoms. The van der Waals surface area contributed by atoms with Crippen LogP contribution in [0.5, 0.6) is 0 Å². The van der Waals surface area contributed by atoms with Gasteiger partial charge < -0.3 is 15.6 Å². The fourth-order valence-corrected chi connectivity index (χ4v) is 3.55. The summed E-state index contributed by atoms with van der Waals surface area (Å²) < 4.78 is 0. The molecule has 3 aromatic rings. The summed E-state index contributed by atoms with van der Waals surface area (Å²) >= 11 is 0. The van der Waals surface area contributed by atoms with Crippen molar-refractivity contribution < 1.29 is 4.79 Å². The molecular weight excluding hydrogens is 386 g/mol. The number of H-pyrrole nitrogens is 1. The fraction of sp³-hybridized carbons (Fsp3) is 0.360. The van der Waals surface area contributed by atoms with Crippen molar-refractivity contribution in [2.75, 3.05) is 18.4 Å². The Kier molecular flexibility index (Phi) is 8.82. The molecule has 0 aliphatic rings. The minimum atomic E-state index is -0.0959.